The molecule has 1 aromatic rings. The molecule has 0 saturated heterocycles. The molecule has 1 rings (SSSR count). The molecule has 5 heteroatoms. The Morgan fingerprint density at radius 3 is 2.60 bits per heavy atom. The van der Waals surface area contributed by atoms with Gasteiger partial charge in [-0.2, -0.15) is 5.26 Å². The van der Waals surface area contributed by atoms with Crippen molar-refractivity contribution in [3.8, 4) is 6.07 Å². The van der Waals surface area contributed by atoms with E-state index in [0.29, 0.717) is 17.5 Å². The lowest BCUT2D eigenvalue weighted by Crippen LogP contribution is -2.46. The Labute approximate surface area is 119 Å². The molecule has 20 heavy (non-hydrogen) atoms. The van der Waals surface area contributed by atoms with E-state index in [1.54, 1.807) is 18.2 Å². The maximum Gasteiger partial charge on any atom is 0.251 e. The number of nitrogens with zero attached hydrogens (tertiary/aromatic N) is 1. The van der Waals surface area contributed by atoms with Crippen LogP contribution in [0.5, 0.6) is 0 Å². The number of nitriles is 1. The maximum absolute atomic E-state index is 12.1. The van der Waals surface area contributed by atoms with Crippen molar-refractivity contribution in [2.75, 3.05) is 7.05 Å². The normalized spacial score (nSPS) is 11.6. The third kappa shape index (κ3) is 4.39. The van der Waals surface area contributed by atoms with Crippen LogP contribution in [0.15, 0.2) is 24.3 Å². The van der Waals surface area contributed by atoms with Crippen molar-refractivity contribution in [1.82, 2.24) is 10.6 Å². The van der Waals surface area contributed by atoms with Crippen LogP contribution in [-0.4, -0.2) is 24.9 Å². The van der Waals surface area contributed by atoms with E-state index in [1.807, 2.05) is 19.9 Å². The van der Waals surface area contributed by atoms with Crippen LogP contribution in [0.4, 0.5) is 0 Å². The monoisotopic (exact) mass is 273 g/mol. The van der Waals surface area contributed by atoms with E-state index in [1.165, 1.54) is 13.1 Å². The number of hydrogen-bond acceptors (Lipinski definition) is 3. The molecule has 1 unspecified atom stereocenters. The van der Waals surface area contributed by atoms with E-state index in [0.717, 1.165) is 0 Å². The third-order valence-corrected chi connectivity index (χ3v) is 2.83. The molecule has 5 nitrogen and oxygen atoms in total. The molecule has 0 aliphatic rings. The molecule has 0 fully saturated rings. The lowest BCUT2D eigenvalue weighted by Gasteiger charge is -2.19. The minimum Gasteiger partial charge on any atom is -0.357 e. The van der Waals surface area contributed by atoms with E-state index in [-0.39, 0.29) is 17.7 Å². The number of nitrogens with one attached hydrogen (secondary N) is 2. The highest BCUT2D eigenvalue weighted by molar-refractivity contribution is 5.97. The summed E-state index contributed by atoms with van der Waals surface area (Å²) in [5.41, 5.74) is 0.791. The van der Waals surface area contributed by atoms with E-state index in [9.17, 15) is 9.59 Å². The second-order valence-corrected chi connectivity index (χ2v) is 4.96. The first-order chi connectivity index (χ1) is 9.47. The number of carbonyl (C=O) groups is 2. The van der Waals surface area contributed by atoms with Crippen molar-refractivity contribution in [2.24, 2.45) is 5.92 Å². The number of amides is 2. The van der Waals surface area contributed by atoms with Gasteiger partial charge in [-0.05, 0) is 30.5 Å². The zero-order chi connectivity index (χ0) is 15.1. The molecule has 1 aromatic carbocycles. The van der Waals surface area contributed by atoms with Crippen molar-refractivity contribution < 1.29 is 9.59 Å². The fraction of sp³-hybridized carbons (Fsp3) is 0.400. The Kier molecular flexibility index (Phi) is 5.73. The summed E-state index contributed by atoms with van der Waals surface area (Å²) in [7, 11) is 1.54. The minimum atomic E-state index is -0.571. The molecule has 1 atom stereocenters. The molecule has 0 spiro atoms. The first kappa shape index (κ1) is 15.7. The largest absolute Gasteiger partial charge is 0.357 e. The number of hydrogen-bond donors (Lipinski definition) is 2. The van der Waals surface area contributed by atoms with E-state index >= 15 is 0 Å². The maximum atomic E-state index is 12.1. The predicted octanol–water partition coefficient (Wildman–Crippen LogP) is 1.45. The Morgan fingerprint density at radius 1 is 1.35 bits per heavy atom. The molecule has 0 saturated carbocycles. The number of likely N-dealkylation sites (N-methyl/N-ethyl adjacent to an activating group) is 1. The first-order valence-corrected chi connectivity index (χ1v) is 6.50. The summed E-state index contributed by atoms with van der Waals surface area (Å²) in [6.45, 7) is 3.97. The second-order valence-electron chi connectivity index (χ2n) is 4.96. The van der Waals surface area contributed by atoms with Gasteiger partial charge in [-0.15, -0.1) is 0 Å². The van der Waals surface area contributed by atoms with Gasteiger partial charge in [-0.1, -0.05) is 19.9 Å². The molecule has 0 radical (unpaired) electrons. The summed E-state index contributed by atoms with van der Waals surface area (Å²) in [5.74, 6) is -0.289. The van der Waals surface area contributed by atoms with Crippen LogP contribution in [0.25, 0.3) is 0 Å². The lowest BCUT2D eigenvalue weighted by atomic mass is 10.0. The van der Waals surface area contributed by atoms with Crippen LogP contribution in [-0.2, 0) is 4.79 Å². The number of rotatable bonds is 5. The van der Waals surface area contributed by atoms with Gasteiger partial charge in [-0.25, -0.2) is 0 Å². The van der Waals surface area contributed by atoms with Crippen LogP contribution in [0.2, 0.25) is 0 Å². The van der Waals surface area contributed by atoms with Crippen molar-refractivity contribution in [2.45, 2.75) is 26.3 Å². The first-order valence-electron chi connectivity index (χ1n) is 6.50. The van der Waals surface area contributed by atoms with Gasteiger partial charge in [0.1, 0.15) is 6.04 Å². The summed E-state index contributed by atoms with van der Waals surface area (Å²) in [5, 5.41) is 14.1. The van der Waals surface area contributed by atoms with Crippen molar-refractivity contribution in [1.29, 1.82) is 5.26 Å². The van der Waals surface area contributed by atoms with Gasteiger partial charge in [0.15, 0.2) is 0 Å². The van der Waals surface area contributed by atoms with Crippen LogP contribution in [0, 0.1) is 17.2 Å². The quantitative estimate of drug-likeness (QED) is 0.851. The summed E-state index contributed by atoms with van der Waals surface area (Å²) >= 11 is 0. The van der Waals surface area contributed by atoms with Crippen LogP contribution in [0.1, 0.15) is 36.2 Å². The molecule has 2 amide bonds. The van der Waals surface area contributed by atoms with Gasteiger partial charge in [0.25, 0.3) is 5.91 Å². The molecule has 0 aliphatic heterocycles. The fourth-order valence-corrected chi connectivity index (χ4v) is 1.85. The van der Waals surface area contributed by atoms with Crippen molar-refractivity contribution in [3.63, 3.8) is 0 Å². The molecular weight excluding hydrogens is 254 g/mol. The standard InChI is InChI=1S/C15H19N3O2/c1-10(2)7-13(15(20)17-3)18-14(19)12-6-4-5-11(8-12)9-16/h4-6,8,10,13H,7H2,1-3H3,(H,17,20)(H,18,19). The topological polar surface area (TPSA) is 82.0 Å². The fourth-order valence-electron chi connectivity index (χ4n) is 1.85. The SMILES string of the molecule is CNC(=O)C(CC(C)C)NC(=O)c1cccc(C#N)c1. The smallest absolute Gasteiger partial charge is 0.251 e. The third-order valence-electron chi connectivity index (χ3n) is 2.83. The molecule has 0 aromatic heterocycles. The van der Waals surface area contributed by atoms with Gasteiger partial charge in [0.2, 0.25) is 5.91 Å². The number of benzene rings is 1. The van der Waals surface area contributed by atoms with Gasteiger partial charge >= 0.3 is 0 Å². The molecule has 106 valence electrons. The van der Waals surface area contributed by atoms with Crippen molar-refractivity contribution >= 4 is 11.8 Å². The van der Waals surface area contributed by atoms with Crippen LogP contribution >= 0.6 is 0 Å². The zero-order valence-corrected chi connectivity index (χ0v) is 11.9. The minimum absolute atomic E-state index is 0.219. The summed E-state index contributed by atoms with van der Waals surface area (Å²) < 4.78 is 0. The summed E-state index contributed by atoms with van der Waals surface area (Å²) in [6, 6.07) is 7.80. The summed E-state index contributed by atoms with van der Waals surface area (Å²) in [6.07, 6.45) is 0.559. The molecule has 2 N–H and O–H groups in total. The van der Waals surface area contributed by atoms with Gasteiger partial charge < -0.3 is 10.6 Å². The van der Waals surface area contributed by atoms with Gasteiger partial charge in [0, 0.05) is 12.6 Å². The Bertz CT molecular complexity index is 532. The second kappa shape index (κ2) is 7.29. The van der Waals surface area contributed by atoms with E-state index in [4.69, 9.17) is 5.26 Å². The average Bonchev–Trinajstić information content (AvgIpc) is 2.45. The van der Waals surface area contributed by atoms with Gasteiger partial charge in [-0.3, -0.25) is 9.59 Å². The average molecular weight is 273 g/mol. The highest BCUT2D eigenvalue weighted by Crippen LogP contribution is 2.08. The molecule has 0 heterocycles. The van der Waals surface area contributed by atoms with Gasteiger partial charge in [0.05, 0.1) is 11.6 Å². The molecule has 0 aliphatic carbocycles. The van der Waals surface area contributed by atoms with Crippen LogP contribution in [0.3, 0.4) is 0 Å². The highest BCUT2D eigenvalue weighted by atomic mass is 16.2. The van der Waals surface area contributed by atoms with Crippen LogP contribution < -0.4 is 10.6 Å². The molecule has 0 bridgehead atoms. The highest BCUT2D eigenvalue weighted by Gasteiger charge is 2.21. The number of carbonyl (C=O) groups excluding carboxylic acids is 2. The zero-order valence-electron chi connectivity index (χ0n) is 11.9. The van der Waals surface area contributed by atoms with Crippen molar-refractivity contribution in [3.05, 3.63) is 35.4 Å². The van der Waals surface area contributed by atoms with E-state index < -0.39 is 6.04 Å². The Morgan fingerprint density at radius 2 is 2.05 bits per heavy atom. The Hall–Kier alpha value is -2.35. The predicted molar refractivity (Wildman–Crippen MR) is 75.9 cm³/mol. The van der Waals surface area contributed by atoms with E-state index in [2.05, 4.69) is 10.6 Å². The summed E-state index contributed by atoms with van der Waals surface area (Å²) in [4.78, 5) is 23.9. The Balaban J connectivity index is 2.84. The lowest BCUT2D eigenvalue weighted by molar-refractivity contribution is -0.122. The molecular formula is C15H19N3O2.